The first-order valence-electron chi connectivity index (χ1n) is 5.37. The second kappa shape index (κ2) is 4.81. The highest BCUT2D eigenvalue weighted by Crippen LogP contribution is 2.20. The molecule has 0 heterocycles. The number of rotatable bonds is 3. The molecule has 0 bridgehead atoms. The van der Waals surface area contributed by atoms with Crippen LogP contribution in [0.1, 0.15) is 54.4 Å². The van der Waals surface area contributed by atoms with E-state index in [0.29, 0.717) is 6.42 Å². The highest BCUT2D eigenvalue weighted by Gasteiger charge is 2.15. The highest BCUT2D eigenvalue weighted by molar-refractivity contribution is 5.75. The van der Waals surface area contributed by atoms with Crippen LogP contribution in [0.2, 0.25) is 0 Å². The van der Waals surface area contributed by atoms with E-state index in [-0.39, 0.29) is 16.7 Å². The van der Waals surface area contributed by atoms with Crippen LogP contribution in [-0.4, -0.2) is 12.5 Å². The molecule has 1 N–H and O–H groups in total. The Morgan fingerprint density at radius 3 is 1.86 bits per heavy atom. The number of hydrogen-bond acceptors (Lipinski definition) is 1. The molecule has 0 saturated heterocycles. The molecule has 0 spiro atoms. The summed E-state index contributed by atoms with van der Waals surface area (Å²) >= 11 is 0. The summed E-state index contributed by atoms with van der Waals surface area (Å²) in [5, 5.41) is 2.96. The Labute approximate surface area is 88.5 Å². The lowest BCUT2D eigenvalue weighted by molar-refractivity contribution is -0.122. The van der Waals surface area contributed by atoms with Gasteiger partial charge >= 0.3 is 0 Å². The minimum atomic E-state index is 0.176. The maximum atomic E-state index is 11.4. The van der Waals surface area contributed by atoms with Gasteiger partial charge in [-0.1, -0.05) is 41.5 Å². The van der Waals surface area contributed by atoms with Crippen LogP contribution in [0.25, 0.3) is 0 Å². The molecule has 2 nitrogen and oxygen atoms in total. The van der Waals surface area contributed by atoms with Crippen LogP contribution < -0.4 is 5.32 Å². The van der Waals surface area contributed by atoms with E-state index in [1.807, 2.05) is 0 Å². The van der Waals surface area contributed by atoms with Crippen molar-refractivity contribution in [2.45, 2.75) is 54.4 Å². The fourth-order valence-corrected chi connectivity index (χ4v) is 0.941. The van der Waals surface area contributed by atoms with E-state index in [1.54, 1.807) is 0 Å². The number of amides is 1. The number of carbonyl (C=O) groups excluding carboxylic acids is 1. The molecule has 0 aromatic carbocycles. The zero-order valence-electron chi connectivity index (χ0n) is 10.5. The standard InChI is InChI=1S/C12H25NO/c1-11(2,3)8-7-10(14)13-9-12(4,5)6/h7-9H2,1-6H3,(H,13,14). The molecule has 0 unspecified atom stereocenters. The zero-order chi connectivity index (χ0) is 11.4. The SMILES string of the molecule is CC(C)(C)CCC(=O)NCC(C)(C)C. The number of carbonyl (C=O) groups is 1. The predicted molar refractivity (Wildman–Crippen MR) is 61.2 cm³/mol. The smallest absolute Gasteiger partial charge is 0.220 e. The summed E-state index contributed by atoms with van der Waals surface area (Å²) in [7, 11) is 0. The lowest BCUT2D eigenvalue weighted by Gasteiger charge is -2.20. The summed E-state index contributed by atoms with van der Waals surface area (Å²) in [6.07, 6.45) is 1.59. The fraction of sp³-hybridized carbons (Fsp3) is 0.917. The monoisotopic (exact) mass is 199 g/mol. The van der Waals surface area contributed by atoms with Crippen molar-refractivity contribution in [3.63, 3.8) is 0 Å². The molecule has 0 aromatic rings. The first-order valence-corrected chi connectivity index (χ1v) is 5.37. The van der Waals surface area contributed by atoms with Gasteiger partial charge in [0.25, 0.3) is 0 Å². The van der Waals surface area contributed by atoms with Gasteiger partial charge in [0.2, 0.25) is 5.91 Å². The molecule has 0 fully saturated rings. The second-order valence-corrected chi connectivity index (χ2v) is 6.40. The van der Waals surface area contributed by atoms with Crippen LogP contribution in [-0.2, 0) is 4.79 Å². The summed E-state index contributed by atoms with van der Waals surface area (Å²) in [4.78, 5) is 11.4. The Morgan fingerprint density at radius 1 is 1.00 bits per heavy atom. The van der Waals surface area contributed by atoms with Gasteiger partial charge in [0.1, 0.15) is 0 Å². The van der Waals surface area contributed by atoms with E-state index in [1.165, 1.54) is 0 Å². The summed E-state index contributed by atoms with van der Waals surface area (Å²) in [6.45, 7) is 13.6. The summed E-state index contributed by atoms with van der Waals surface area (Å²) in [6, 6.07) is 0. The van der Waals surface area contributed by atoms with Crippen LogP contribution in [0.15, 0.2) is 0 Å². The van der Waals surface area contributed by atoms with Gasteiger partial charge in [-0.25, -0.2) is 0 Å². The Hall–Kier alpha value is -0.530. The molecular formula is C12H25NO. The lowest BCUT2D eigenvalue weighted by atomic mass is 9.90. The Balaban J connectivity index is 3.68. The first-order chi connectivity index (χ1) is 6.10. The van der Waals surface area contributed by atoms with Gasteiger partial charge in [-0.15, -0.1) is 0 Å². The van der Waals surface area contributed by atoms with Gasteiger partial charge in [-0.05, 0) is 17.3 Å². The van der Waals surface area contributed by atoms with Crippen molar-refractivity contribution in [1.29, 1.82) is 0 Å². The van der Waals surface area contributed by atoms with Crippen LogP contribution in [0.3, 0.4) is 0 Å². The Kier molecular flexibility index (Phi) is 4.63. The summed E-state index contributed by atoms with van der Waals surface area (Å²) in [5.41, 5.74) is 0.427. The third kappa shape index (κ3) is 9.56. The van der Waals surface area contributed by atoms with E-state index < -0.39 is 0 Å². The van der Waals surface area contributed by atoms with E-state index in [0.717, 1.165) is 13.0 Å². The molecule has 0 atom stereocenters. The van der Waals surface area contributed by atoms with Crippen molar-refractivity contribution >= 4 is 5.91 Å². The third-order valence-corrected chi connectivity index (χ3v) is 1.92. The molecule has 14 heavy (non-hydrogen) atoms. The predicted octanol–water partition coefficient (Wildman–Crippen LogP) is 2.98. The molecular weight excluding hydrogens is 174 g/mol. The summed E-state index contributed by atoms with van der Waals surface area (Å²) < 4.78 is 0. The van der Waals surface area contributed by atoms with Crippen molar-refractivity contribution in [1.82, 2.24) is 5.32 Å². The molecule has 0 rings (SSSR count). The van der Waals surface area contributed by atoms with Crippen LogP contribution >= 0.6 is 0 Å². The molecule has 1 amide bonds. The average Bonchev–Trinajstić information content (AvgIpc) is 1.94. The lowest BCUT2D eigenvalue weighted by Crippen LogP contribution is -2.32. The molecule has 0 aliphatic rings. The molecule has 0 aliphatic carbocycles. The van der Waals surface area contributed by atoms with Crippen molar-refractivity contribution in [3.05, 3.63) is 0 Å². The average molecular weight is 199 g/mol. The van der Waals surface area contributed by atoms with Crippen molar-refractivity contribution in [2.24, 2.45) is 10.8 Å². The van der Waals surface area contributed by atoms with E-state index in [2.05, 4.69) is 46.9 Å². The van der Waals surface area contributed by atoms with Crippen molar-refractivity contribution in [2.75, 3.05) is 6.54 Å². The summed E-state index contributed by atoms with van der Waals surface area (Å²) in [5.74, 6) is 0.176. The van der Waals surface area contributed by atoms with Crippen LogP contribution in [0, 0.1) is 10.8 Å². The molecule has 2 heteroatoms. The van der Waals surface area contributed by atoms with Gasteiger partial charge in [-0.2, -0.15) is 0 Å². The van der Waals surface area contributed by atoms with E-state index in [9.17, 15) is 4.79 Å². The second-order valence-electron chi connectivity index (χ2n) is 6.40. The van der Waals surface area contributed by atoms with Gasteiger partial charge in [0.05, 0.1) is 0 Å². The quantitative estimate of drug-likeness (QED) is 0.744. The molecule has 84 valence electrons. The van der Waals surface area contributed by atoms with Crippen LogP contribution in [0.4, 0.5) is 0 Å². The maximum Gasteiger partial charge on any atom is 0.220 e. The Morgan fingerprint density at radius 2 is 1.50 bits per heavy atom. The normalized spacial score (nSPS) is 12.7. The maximum absolute atomic E-state index is 11.4. The number of hydrogen-bond donors (Lipinski definition) is 1. The van der Waals surface area contributed by atoms with E-state index >= 15 is 0 Å². The van der Waals surface area contributed by atoms with Gasteiger partial charge < -0.3 is 5.32 Å². The Bertz CT molecular complexity index is 163. The molecule has 0 aliphatic heterocycles. The van der Waals surface area contributed by atoms with Gasteiger partial charge in [0, 0.05) is 13.0 Å². The zero-order valence-corrected chi connectivity index (χ0v) is 10.5. The van der Waals surface area contributed by atoms with Gasteiger partial charge in [-0.3, -0.25) is 4.79 Å². The topological polar surface area (TPSA) is 29.1 Å². The van der Waals surface area contributed by atoms with Crippen molar-refractivity contribution in [3.8, 4) is 0 Å². The highest BCUT2D eigenvalue weighted by atomic mass is 16.1. The minimum absolute atomic E-state index is 0.176. The number of nitrogens with one attached hydrogen (secondary N) is 1. The molecule has 0 radical (unpaired) electrons. The van der Waals surface area contributed by atoms with Crippen LogP contribution in [0.5, 0.6) is 0 Å². The minimum Gasteiger partial charge on any atom is -0.356 e. The molecule has 0 saturated carbocycles. The van der Waals surface area contributed by atoms with Crippen molar-refractivity contribution < 1.29 is 4.79 Å². The molecule has 0 aromatic heterocycles. The largest absolute Gasteiger partial charge is 0.356 e. The fourth-order valence-electron chi connectivity index (χ4n) is 0.941. The van der Waals surface area contributed by atoms with Gasteiger partial charge in [0.15, 0.2) is 0 Å². The first kappa shape index (κ1) is 13.5. The van der Waals surface area contributed by atoms with E-state index in [4.69, 9.17) is 0 Å². The third-order valence-electron chi connectivity index (χ3n) is 1.92.